The van der Waals surface area contributed by atoms with Crippen LogP contribution >= 0.6 is 11.8 Å². The van der Waals surface area contributed by atoms with Gasteiger partial charge in [-0.3, -0.25) is 4.90 Å². The quantitative estimate of drug-likeness (QED) is 0.180. The summed E-state index contributed by atoms with van der Waals surface area (Å²) >= 11 is 1.87. The van der Waals surface area contributed by atoms with Crippen molar-refractivity contribution in [2.24, 2.45) is 0 Å². The van der Waals surface area contributed by atoms with Gasteiger partial charge in [-0.05, 0) is 107 Å². The number of hydrogen-bond acceptors (Lipinski definition) is 2. The van der Waals surface area contributed by atoms with Gasteiger partial charge in [0.15, 0.2) is 0 Å². The fourth-order valence-corrected chi connectivity index (χ4v) is 8.57. The van der Waals surface area contributed by atoms with Gasteiger partial charge in [-0.25, -0.2) is 0 Å². The molecule has 0 saturated heterocycles. The molecule has 9 rings (SSSR count). The molecule has 6 heteroatoms. The number of hydrogen-bond donors (Lipinski definition) is 0. The van der Waals surface area contributed by atoms with Gasteiger partial charge in [-0.2, -0.15) is 0 Å². The van der Waals surface area contributed by atoms with Crippen molar-refractivity contribution in [3.05, 3.63) is 127 Å². The Morgan fingerprint density at radius 2 is 1.22 bits per heavy atom. The predicted molar refractivity (Wildman–Crippen MR) is 196 cm³/mol. The van der Waals surface area contributed by atoms with Gasteiger partial charge < -0.3 is 13.5 Å². The van der Waals surface area contributed by atoms with Crippen molar-refractivity contribution in [2.45, 2.75) is 62.3 Å². The molecule has 226 valence electrons. The van der Waals surface area contributed by atoms with Crippen molar-refractivity contribution < 1.29 is 0 Å². The third-order valence-corrected chi connectivity index (χ3v) is 11.0. The highest BCUT2D eigenvalue weighted by Gasteiger charge is 2.42. The molecule has 0 amide bonds. The van der Waals surface area contributed by atoms with Crippen molar-refractivity contribution in [1.82, 2.24) is 13.5 Å². The normalized spacial score (nSPS) is 14.1. The molecule has 2 aliphatic heterocycles. The van der Waals surface area contributed by atoms with E-state index in [1.54, 1.807) is 0 Å². The zero-order valence-corrected chi connectivity index (χ0v) is 28.1. The maximum atomic E-state index is 2.50. The minimum atomic E-state index is 0.0614. The lowest BCUT2D eigenvalue weighted by Crippen LogP contribution is -2.53. The van der Waals surface area contributed by atoms with E-state index in [1.165, 1.54) is 65.5 Å². The van der Waals surface area contributed by atoms with Crippen LogP contribution in [0, 0.1) is 0 Å². The van der Waals surface area contributed by atoms with Gasteiger partial charge in [0.05, 0.1) is 16.1 Å². The van der Waals surface area contributed by atoms with Crippen LogP contribution in [0.3, 0.4) is 0 Å². The molecule has 0 atom stereocenters. The summed E-state index contributed by atoms with van der Waals surface area (Å²) < 4.78 is 7.34. The van der Waals surface area contributed by atoms with Gasteiger partial charge in [-0.15, -0.1) is 0 Å². The smallest absolute Gasteiger partial charge is 0.362 e. The number of benzene rings is 4. The van der Waals surface area contributed by atoms with E-state index in [4.69, 9.17) is 0 Å². The number of rotatable bonds is 2. The Hall–Kier alpha value is -4.55. The summed E-state index contributed by atoms with van der Waals surface area (Å²) in [6.07, 6.45) is 4.45. The minimum Gasteiger partial charge on any atom is -0.362 e. The van der Waals surface area contributed by atoms with Gasteiger partial charge >= 0.3 is 6.98 Å². The number of nitrogens with zero attached hydrogens (tertiary/aromatic N) is 4. The lowest BCUT2D eigenvalue weighted by Gasteiger charge is -2.40. The largest absolute Gasteiger partial charge is 0.424 e. The lowest BCUT2D eigenvalue weighted by molar-refractivity contribution is 0.590. The van der Waals surface area contributed by atoms with Gasteiger partial charge in [0.25, 0.3) is 0 Å². The van der Waals surface area contributed by atoms with Crippen LogP contribution in [-0.4, -0.2) is 20.5 Å². The Bertz CT molecular complexity index is 2260. The molecule has 7 aromatic rings. The Labute approximate surface area is 275 Å². The van der Waals surface area contributed by atoms with Crippen LogP contribution < -0.4 is 10.4 Å². The van der Waals surface area contributed by atoms with Crippen molar-refractivity contribution in [2.75, 3.05) is 4.90 Å². The van der Waals surface area contributed by atoms with Crippen molar-refractivity contribution in [3.8, 4) is 5.69 Å². The summed E-state index contributed by atoms with van der Waals surface area (Å²) in [5.41, 5.74) is 10.2. The first kappa shape index (κ1) is 27.7. The van der Waals surface area contributed by atoms with Gasteiger partial charge in [0, 0.05) is 38.2 Å². The second-order valence-corrected chi connectivity index (χ2v) is 15.9. The standard InChI is InChI=1S/C40H37BN4S/c1-39(2,3)26-16-18-32-30(22-26)31-23-27(40(4,5)6)17-19-33(31)44(32)29-24-34-38-35(25-29)46-37-15-11-21-43(37)41(38)42-20-10-14-36(42)45(34)28-12-8-7-9-13-28/h7-25H,1-6H3. The molecule has 4 aromatic carbocycles. The lowest BCUT2D eigenvalue weighted by atomic mass is 9.64. The number of aromatic nitrogens is 3. The molecule has 0 radical (unpaired) electrons. The van der Waals surface area contributed by atoms with Crippen molar-refractivity contribution >= 4 is 63.2 Å². The third kappa shape index (κ3) is 3.96. The predicted octanol–water partition coefficient (Wildman–Crippen LogP) is 10.0. The van der Waals surface area contributed by atoms with E-state index in [9.17, 15) is 0 Å². The molecule has 0 spiro atoms. The fourth-order valence-electron chi connectivity index (χ4n) is 7.43. The average molecular weight is 617 g/mol. The van der Waals surface area contributed by atoms with Gasteiger partial charge in [0.1, 0.15) is 5.82 Å². The van der Waals surface area contributed by atoms with E-state index >= 15 is 0 Å². The van der Waals surface area contributed by atoms with Crippen molar-refractivity contribution in [3.63, 3.8) is 0 Å². The molecule has 0 fully saturated rings. The maximum Gasteiger partial charge on any atom is 0.424 e. The van der Waals surface area contributed by atoms with Crippen LogP contribution in [-0.2, 0) is 10.8 Å². The first-order chi connectivity index (χ1) is 22.1. The minimum absolute atomic E-state index is 0.0614. The molecule has 5 heterocycles. The van der Waals surface area contributed by atoms with Crippen LogP contribution in [0.1, 0.15) is 52.7 Å². The Morgan fingerprint density at radius 1 is 0.587 bits per heavy atom. The molecule has 0 N–H and O–H groups in total. The molecule has 0 aliphatic carbocycles. The molecular weight excluding hydrogens is 579 g/mol. The molecule has 3 aromatic heterocycles. The maximum absolute atomic E-state index is 2.50. The summed E-state index contributed by atoms with van der Waals surface area (Å²) in [6.45, 7) is 13.9. The van der Waals surface area contributed by atoms with E-state index < -0.39 is 0 Å². The molecule has 46 heavy (non-hydrogen) atoms. The fraction of sp³-hybridized carbons (Fsp3) is 0.200. The van der Waals surface area contributed by atoms with Gasteiger partial charge in [-0.1, -0.05) is 83.6 Å². The summed E-state index contributed by atoms with van der Waals surface area (Å²) in [5, 5.41) is 3.89. The summed E-state index contributed by atoms with van der Waals surface area (Å²) in [4.78, 5) is 3.74. The highest BCUT2D eigenvalue weighted by Crippen LogP contribution is 2.46. The highest BCUT2D eigenvalue weighted by atomic mass is 32.2. The van der Waals surface area contributed by atoms with Crippen LogP contribution in [0.4, 0.5) is 17.2 Å². The Morgan fingerprint density at radius 3 is 1.87 bits per heavy atom. The van der Waals surface area contributed by atoms with Crippen LogP contribution in [0.25, 0.3) is 27.5 Å². The first-order valence-electron chi connectivity index (χ1n) is 16.2. The topological polar surface area (TPSA) is 18.0 Å². The zero-order valence-electron chi connectivity index (χ0n) is 27.2. The SMILES string of the molecule is CC(C)(C)c1ccc2c(c1)c1cc(C(C)(C)C)ccc1n2-c1cc2c3c(c1)N(c1ccccc1)c1cccn1B3n1cccc1S2. The van der Waals surface area contributed by atoms with Crippen LogP contribution in [0.2, 0.25) is 0 Å². The van der Waals surface area contributed by atoms with Crippen LogP contribution in [0.5, 0.6) is 0 Å². The first-order valence-corrected chi connectivity index (χ1v) is 17.0. The molecule has 0 saturated carbocycles. The summed E-state index contributed by atoms with van der Waals surface area (Å²) in [7, 11) is 0. The van der Waals surface area contributed by atoms with E-state index in [-0.39, 0.29) is 17.8 Å². The number of para-hydroxylation sites is 1. The second kappa shape index (κ2) is 9.49. The average Bonchev–Trinajstić information content (AvgIpc) is 3.77. The molecular formula is C40H37BN4S. The summed E-state index contributed by atoms with van der Waals surface area (Å²) in [6, 6.07) is 38.7. The Balaban J connectivity index is 1.37. The monoisotopic (exact) mass is 616 g/mol. The molecule has 0 bridgehead atoms. The molecule has 4 nitrogen and oxygen atoms in total. The molecule has 0 unspecified atom stereocenters. The van der Waals surface area contributed by atoms with E-state index in [1.807, 2.05) is 11.8 Å². The van der Waals surface area contributed by atoms with Crippen molar-refractivity contribution in [1.29, 1.82) is 0 Å². The van der Waals surface area contributed by atoms with E-state index in [0.717, 1.165) is 5.69 Å². The summed E-state index contributed by atoms with van der Waals surface area (Å²) in [5.74, 6) is 1.17. The third-order valence-electron chi connectivity index (χ3n) is 9.84. The van der Waals surface area contributed by atoms with E-state index in [2.05, 4.69) is 175 Å². The Kier molecular flexibility index (Phi) is 5.72. The van der Waals surface area contributed by atoms with Crippen LogP contribution in [0.15, 0.2) is 125 Å². The zero-order chi connectivity index (χ0) is 31.5. The van der Waals surface area contributed by atoms with E-state index in [0.29, 0.717) is 0 Å². The number of anilines is 3. The van der Waals surface area contributed by atoms with Gasteiger partial charge in [0.2, 0.25) is 0 Å². The number of fused-ring (bicyclic) bond motifs is 7. The highest BCUT2D eigenvalue weighted by molar-refractivity contribution is 7.99. The second-order valence-electron chi connectivity index (χ2n) is 14.9. The molecule has 2 aliphatic rings.